The largest absolute Gasteiger partial charge is 0.492 e. The molecule has 1 aliphatic heterocycles. The van der Waals surface area contributed by atoms with Gasteiger partial charge in [-0.15, -0.1) is 0 Å². The van der Waals surface area contributed by atoms with E-state index in [9.17, 15) is 0 Å². The highest BCUT2D eigenvalue weighted by Crippen LogP contribution is 2.20. The van der Waals surface area contributed by atoms with Gasteiger partial charge in [-0.05, 0) is 57.5 Å². The van der Waals surface area contributed by atoms with Gasteiger partial charge in [-0.2, -0.15) is 0 Å². The van der Waals surface area contributed by atoms with Crippen molar-refractivity contribution in [3.63, 3.8) is 0 Å². The van der Waals surface area contributed by atoms with Crippen molar-refractivity contribution in [2.45, 2.75) is 26.2 Å². The molecule has 1 aromatic carbocycles. The molecule has 0 spiro atoms. The van der Waals surface area contributed by atoms with Crippen molar-refractivity contribution >= 4 is 0 Å². The molecule has 0 atom stereocenters. The Hall–Kier alpha value is -1.06. The highest BCUT2D eigenvalue weighted by molar-refractivity contribution is 5.37. The van der Waals surface area contributed by atoms with Gasteiger partial charge in [-0.25, -0.2) is 0 Å². The summed E-state index contributed by atoms with van der Waals surface area (Å²) in [4.78, 5) is 2.47. The maximum atomic E-state index is 5.91. The van der Waals surface area contributed by atoms with Gasteiger partial charge in [0.2, 0.25) is 0 Å². The molecule has 1 fully saturated rings. The lowest BCUT2D eigenvalue weighted by molar-refractivity contribution is 0.236. The number of likely N-dealkylation sites (tertiary alicyclic amines) is 1. The Labute approximate surface area is 110 Å². The fourth-order valence-corrected chi connectivity index (χ4v) is 2.49. The van der Waals surface area contributed by atoms with Crippen LogP contribution in [0.1, 0.15) is 24.0 Å². The van der Waals surface area contributed by atoms with Gasteiger partial charge in [-0.3, -0.25) is 4.90 Å². The summed E-state index contributed by atoms with van der Waals surface area (Å²) in [6.45, 7) is 7.05. The minimum absolute atomic E-state index is 0.673. The predicted molar refractivity (Wildman–Crippen MR) is 75.1 cm³/mol. The van der Waals surface area contributed by atoms with Crippen LogP contribution in [0.5, 0.6) is 5.75 Å². The van der Waals surface area contributed by atoms with Crippen LogP contribution in [0, 0.1) is 6.92 Å². The normalized spacial score (nSPS) is 16.1. The van der Waals surface area contributed by atoms with Gasteiger partial charge in [0.05, 0.1) is 0 Å². The lowest BCUT2D eigenvalue weighted by Gasteiger charge is -2.16. The van der Waals surface area contributed by atoms with Gasteiger partial charge in [-0.1, -0.05) is 17.7 Å². The van der Waals surface area contributed by atoms with Crippen LogP contribution in [-0.2, 0) is 6.42 Å². The van der Waals surface area contributed by atoms with Gasteiger partial charge in [0.15, 0.2) is 0 Å². The second-order valence-electron chi connectivity index (χ2n) is 5.05. The molecule has 1 heterocycles. The summed E-state index contributed by atoms with van der Waals surface area (Å²) >= 11 is 0. The molecule has 2 rings (SSSR count). The first-order chi connectivity index (χ1) is 8.79. The van der Waals surface area contributed by atoms with Crippen LogP contribution >= 0.6 is 0 Å². The first kappa shape index (κ1) is 13.4. The summed E-state index contributed by atoms with van der Waals surface area (Å²) < 4.78 is 5.91. The smallest absolute Gasteiger partial charge is 0.122 e. The van der Waals surface area contributed by atoms with Crippen LogP contribution in [-0.4, -0.2) is 37.7 Å². The zero-order valence-corrected chi connectivity index (χ0v) is 11.3. The van der Waals surface area contributed by atoms with Gasteiger partial charge in [0, 0.05) is 6.54 Å². The van der Waals surface area contributed by atoms with Crippen molar-refractivity contribution in [2.24, 2.45) is 5.73 Å². The Morgan fingerprint density at radius 2 is 2.06 bits per heavy atom. The Balaban J connectivity index is 1.87. The number of rotatable bonds is 6. The van der Waals surface area contributed by atoms with Crippen LogP contribution in [0.2, 0.25) is 0 Å². The number of hydrogen-bond acceptors (Lipinski definition) is 3. The second kappa shape index (κ2) is 6.76. The fraction of sp³-hybridized carbons (Fsp3) is 0.600. The Kier molecular flexibility index (Phi) is 5.02. The Morgan fingerprint density at radius 3 is 2.78 bits per heavy atom. The molecule has 0 bridgehead atoms. The molecule has 0 saturated carbocycles. The molecular formula is C15H24N2O. The maximum absolute atomic E-state index is 5.91. The molecule has 1 aliphatic rings. The van der Waals surface area contributed by atoms with Gasteiger partial charge < -0.3 is 10.5 Å². The van der Waals surface area contributed by atoms with Crippen LogP contribution in [0.15, 0.2) is 18.2 Å². The van der Waals surface area contributed by atoms with E-state index in [4.69, 9.17) is 10.5 Å². The second-order valence-corrected chi connectivity index (χ2v) is 5.05. The summed E-state index contributed by atoms with van der Waals surface area (Å²) in [5.74, 6) is 1.00. The molecule has 3 heteroatoms. The summed E-state index contributed by atoms with van der Waals surface area (Å²) in [7, 11) is 0. The van der Waals surface area contributed by atoms with E-state index in [1.54, 1.807) is 0 Å². The molecule has 0 amide bonds. The lowest BCUT2D eigenvalue weighted by atomic mass is 10.1. The van der Waals surface area contributed by atoms with Crippen LogP contribution in [0.3, 0.4) is 0 Å². The maximum Gasteiger partial charge on any atom is 0.122 e. The average molecular weight is 248 g/mol. The molecular weight excluding hydrogens is 224 g/mol. The third kappa shape index (κ3) is 3.72. The third-order valence-corrected chi connectivity index (χ3v) is 3.49. The molecule has 0 aliphatic carbocycles. The zero-order chi connectivity index (χ0) is 12.8. The SMILES string of the molecule is Cc1ccc(OCCN2CCCC2)c(CCN)c1. The number of benzene rings is 1. The summed E-state index contributed by atoms with van der Waals surface area (Å²) in [6, 6.07) is 6.35. The summed E-state index contributed by atoms with van der Waals surface area (Å²) in [5.41, 5.74) is 8.15. The monoisotopic (exact) mass is 248 g/mol. The van der Waals surface area contributed by atoms with Crippen molar-refractivity contribution in [1.29, 1.82) is 0 Å². The molecule has 1 aromatic rings. The number of hydrogen-bond donors (Lipinski definition) is 1. The van der Waals surface area contributed by atoms with Gasteiger partial charge in [0.1, 0.15) is 12.4 Å². The number of nitrogens with zero attached hydrogens (tertiary/aromatic N) is 1. The van der Waals surface area contributed by atoms with E-state index in [0.717, 1.165) is 25.3 Å². The van der Waals surface area contributed by atoms with Crippen LogP contribution in [0.4, 0.5) is 0 Å². The first-order valence-electron chi connectivity index (χ1n) is 6.94. The molecule has 0 aromatic heterocycles. The van der Waals surface area contributed by atoms with Gasteiger partial charge >= 0.3 is 0 Å². The Bertz CT molecular complexity index is 373. The minimum atomic E-state index is 0.673. The standard InChI is InChI=1S/C15H24N2O/c1-13-4-5-15(14(12-13)6-7-16)18-11-10-17-8-2-3-9-17/h4-5,12H,2-3,6-11,16H2,1H3. The first-order valence-corrected chi connectivity index (χ1v) is 6.94. The van der Waals surface area contributed by atoms with E-state index < -0.39 is 0 Å². The van der Waals surface area contributed by atoms with Crippen LogP contribution < -0.4 is 10.5 Å². The number of aryl methyl sites for hydroxylation is 1. The molecule has 18 heavy (non-hydrogen) atoms. The van der Waals surface area contributed by atoms with E-state index in [0.29, 0.717) is 6.54 Å². The summed E-state index contributed by atoms with van der Waals surface area (Å²) in [6.07, 6.45) is 3.56. The van der Waals surface area contributed by atoms with Crippen molar-refractivity contribution in [2.75, 3.05) is 32.8 Å². The van der Waals surface area contributed by atoms with E-state index in [1.165, 1.54) is 37.1 Å². The number of ether oxygens (including phenoxy) is 1. The highest BCUT2D eigenvalue weighted by atomic mass is 16.5. The molecule has 0 radical (unpaired) electrons. The molecule has 100 valence electrons. The van der Waals surface area contributed by atoms with Crippen molar-refractivity contribution in [3.8, 4) is 5.75 Å². The summed E-state index contributed by atoms with van der Waals surface area (Å²) in [5, 5.41) is 0. The lowest BCUT2D eigenvalue weighted by Crippen LogP contribution is -2.25. The van der Waals surface area contributed by atoms with Crippen LogP contribution in [0.25, 0.3) is 0 Å². The fourth-order valence-electron chi connectivity index (χ4n) is 2.49. The zero-order valence-electron chi connectivity index (χ0n) is 11.3. The third-order valence-electron chi connectivity index (χ3n) is 3.49. The predicted octanol–water partition coefficient (Wildman–Crippen LogP) is 1.97. The molecule has 3 nitrogen and oxygen atoms in total. The molecule has 1 saturated heterocycles. The van der Waals surface area contributed by atoms with Gasteiger partial charge in [0.25, 0.3) is 0 Å². The van der Waals surface area contributed by atoms with Crippen molar-refractivity contribution in [3.05, 3.63) is 29.3 Å². The van der Waals surface area contributed by atoms with Crippen molar-refractivity contribution in [1.82, 2.24) is 4.90 Å². The van der Waals surface area contributed by atoms with E-state index in [1.807, 2.05) is 0 Å². The Morgan fingerprint density at radius 1 is 1.28 bits per heavy atom. The minimum Gasteiger partial charge on any atom is -0.492 e. The highest BCUT2D eigenvalue weighted by Gasteiger charge is 2.11. The average Bonchev–Trinajstić information content (AvgIpc) is 2.85. The quantitative estimate of drug-likeness (QED) is 0.836. The topological polar surface area (TPSA) is 38.5 Å². The molecule has 0 unspecified atom stereocenters. The van der Waals surface area contributed by atoms with E-state index in [-0.39, 0.29) is 0 Å². The number of nitrogens with two attached hydrogens (primary N) is 1. The van der Waals surface area contributed by atoms with E-state index in [2.05, 4.69) is 30.0 Å². The van der Waals surface area contributed by atoms with E-state index >= 15 is 0 Å². The molecule has 2 N–H and O–H groups in total. The van der Waals surface area contributed by atoms with Crippen molar-refractivity contribution < 1.29 is 4.74 Å².